The van der Waals surface area contributed by atoms with Crippen LogP contribution >= 0.6 is 11.6 Å². The van der Waals surface area contributed by atoms with Gasteiger partial charge in [-0.25, -0.2) is 12.8 Å². The molecule has 2 rings (SSSR count). The molecule has 10 heteroatoms. The second kappa shape index (κ2) is 12.9. The maximum absolute atomic E-state index is 13.7. The normalized spacial score (nSPS) is 12.3. The summed E-state index contributed by atoms with van der Waals surface area (Å²) in [6.07, 6.45) is 1.80. The summed E-state index contributed by atoms with van der Waals surface area (Å²) < 4.78 is 39.6. The van der Waals surface area contributed by atoms with Crippen LogP contribution < -0.4 is 9.62 Å². The molecule has 0 radical (unpaired) electrons. The van der Waals surface area contributed by atoms with Gasteiger partial charge in [0.2, 0.25) is 21.8 Å². The number of sulfonamides is 1. The second-order valence-electron chi connectivity index (χ2n) is 8.75. The van der Waals surface area contributed by atoms with Crippen LogP contribution in [-0.2, 0) is 26.0 Å². The number of amides is 2. The maximum atomic E-state index is 13.7. The molecular formula is C25H33ClFN3O4S. The molecule has 0 aromatic heterocycles. The topological polar surface area (TPSA) is 86.8 Å². The third-order valence-electron chi connectivity index (χ3n) is 5.43. The lowest BCUT2D eigenvalue weighted by Crippen LogP contribution is -2.53. The van der Waals surface area contributed by atoms with Gasteiger partial charge in [-0.3, -0.25) is 13.9 Å². The minimum Gasteiger partial charge on any atom is -0.354 e. The van der Waals surface area contributed by atoms with Crippen LogP contribution in [0.3, 0.4) is 0 Å². The number of rotatable bonds is 12. The Hall–Kier alpha value is -2.65. The molecule has 0 spiro atoms. The summed E-state index contributed by atoms with van der Waals surface area (Å²) in [5, 5.41) is 2.61. The van der Waals surface area contributed by atoms with Crippen molar-refractivity contribution in [2.75, 3.05) is 30.2 Å². The van der Waals surface area contributed by atoms with E-state index in [1.54, 1.807) is 6.92 Å². The van der Waals surface area contributed by atoms with Gasteiger partial charge in [-0.2, -0.15) is 0 Å². The number of anilines is 1. The van der Waals surface area contributed by atoms with Crippen molar-refractivity contribution in [1.29, 1.82) is 0 Å². The Morgan fingerprint density at radius 2 is 1.77 bits per heavy atom. The number of carbonyl (C=O) groups is 2. The highest BCUT2D eigenvalue weighted by molar-refractivity contribution is 7.92. The molecule has 0 bridgehead atoms. The van der Waals surface area contributed by atoms with Gasteiger partial charge in [0.25, 0.3) is 0 Å². The first-order chi connectivity index (χ1) is 16.4. The van der Waals surface area contributed by atoms with Crippen molar-refractivity contribution in [2.45, 2.75) is 39.7 Å². The predicted molar refractivity (Wildman–Crippen MR) is 137 cm³/mol. The SMILES string of the molecule is CC[C@H](C(=O)NCC(C)C)N(CCc1ccccc1)C(=O)CN(c1ccc(F)c(Cl)c1)S(C)(=O)=O. The van der Waals surface area contributed by atoms with Crippen molar-refractivity contribution in [3.05, 3.63) is 64.9 Å². The lowest BCUT2D eigenvalue weighted by molar-refractivity contribution is -0.139. The standard InChI is InChI=1S/C25H33ClFN3O4S/c1-5-23(25(32)28-16-18(2)3)29(14-13-19-9-7-6-8-10-19)24(31)17-30(35(4,33)34)20-11-12-22(27)21(26)15-20/h6-12,15,18,23H,5,13-14,16-17H2,1-4H3,(H,28,32)/t23-/m1/s1. The van der Waals surface area contributed by atoms with E-state index in [1.807, 2.05) is 44.2 Å². The van der Waals surface area contributed by atoms with E-state index in [2.05, 4.69) is 5.32 Å². The van der Waals surface area contributed by atoms with E-state index in [0.29, 0.717) is 19.4 Å². The first kappa shape index (κ1) is 28.6. The molecule has 0 heterocycles. The fraction of sp³-hybridized carbons (Fsp3) is 0.440. The molecular weight excluding hydrogens is 493 g/mol. The summed E-state index contributed by atoms with van der Waals surface area (Å²) in [6, 6.07) is 12.2. The lowest BCUT2D eigenvalue weighted by atomic mass is 10.1. The van der Waals surface area contributed by atoms with Gasteiger partial charge in [-0.05, 0) is 42.5 Å². The minimum absolute atomic E-state index is 0.0626. The van der Waals surface area contributed by atoms with Crippen molar-refractivity contribution >= 4 is 39.1 Å². The van der Waals surface area contributed by atoms with Crippen LogP contribution in [-0.4, -0.2) is 57.1 Å². The molecule has 0 saturated carbocycles. The molecule has 0 saturated heterocycles. The molecule has 2 aromatic carbocycles. The van der Waals surface area contributed by atoms with E-state index < -0.39 is 34.3 Å². The van der Waals surface area contributed by atoms with Crippen molar-refractivity contribution in [2.24, 2.45) is 5.92 Å². The Labute approximate surface area is 212 Å². The van der Waals surface area contributed by atoms with Gasteiger partial charge in [0.05, 0.1) is 17.0 Å². The Bertz CT molecular complexity index is 1110. The quantitative estimate of drug-likeness (QED) is 0.456. The van der Waals surface area contributed by atoms with Gasteiger partial charge < -0.3 is 10.2 Å². The van der Waals surface area contributed by atoms with Crippen molar-refractivity contribution in [3.8, 4) is 0 Å². The van der Waals surface area contributed by atoms with E-state index in [4.69, 9.17) is 11.6 Å². The second-order valence-corrected chi connectivity index (χ2v) is 11.1. The van der Waals surface area contributed by atoms with E-state index in [-0.39, 0.29) is 29.1 Å². The molecule has 0 aliphatic heterocycles. The van der Waals surface area contributed by atoms with Crippen LogP contribution in [0.2, 0.25) is 5.02 Å². The molecule has 1 atom stereocenters. The summed E-state index contributed by atoms with van der Waals surface area (Å²) in [4.78, 5) is 27.9. The molecule has 0 aliphatic rings. The number of halogens is 2. The Morgan fingerprint density at radius 1 is 1.11 bits per heavy atom. The summed E-state index contributed by atoms with van der Waals surface area (Å²) in [7, 11) is -3.91. The van der Waals surface area contributed by atoms with Crippen LogP contribution in [0.15, 0.2) is 48.5 Å². The van der Waals surface area contributed by atoms with Crippen LogP contribution in [0.4, 0.5) is 10.1 Å². The first-order valence-electron chi connectivity index (χ1n) is 11.5. The number of hydrogen-bond donors (Lipinski definition) is 1. The van der Waals surface area contributed by atoms with E-state index in [1.165, 1.54) is 11.0 Å². The molecule has 7 nitrogen and oxygen atoms in total. The fourth-order valence-corrected chi connectivity index (χ4v) is 4.59. The molecule has 0 fully saturated rings. The average molecular weight is 526 g/mol. The number of benzene rings is 2. The highest BCUT2D eigenvalue weighted by Gasteiger charge is 2.31. The summed E-state index contributed by atoms with van der Waals surface area (Å²) >= 11 is 5.85. The van der Waals surface area contributed by atoms with E-state index in [9.17, 15) is 22.4 Å². The van der Waals surface area contributed by atoms with Crippen molar-refractivity contribution in [3.63, 3.8) is 0 Å². The fourth-order valence-electron chi connectivity index (χ4n) is 3.57. The summed E-state index contributed by atoms with van der Waals surface area (Å²) in [5.74, 6) is -1.31. The number of hydrogen-bond acceptors (Lipinski definition) is 4. The van der Waals surface area contributed by atoms with Crippen LogP contribution in [0.1, 0.15) is 32.8 Å². The predicted octanol–water partition coefficient (Wildman–Crippen LogP) is 3.87. The van der Waals surface area contributed by atoms with E-state index in [0.717, 1.165) is 28.3 Å². The lowest BCUT2D eigenvalue weighted by Gasteiger charge is -2.33. The van der Waals surface area contributed by atoms with Crippen LogP contribution in [0.5, 0.6) is 0 Å². The zero-order valence-electron chi connectivity index (χ0n) is 20.5. The Balaban J connectivity index is 2.36. The molecule has 0 aliphatic carbocycles. The van der Waals surface area contributed by atoms with Crippen molar-refractivity contribution < 1.29 is 22.4 Å². The smallest absolute Gasteiger partial charge is 0.244 e. The monoisotopic (exact) mass is 525 g/mol. The molecule has 1 N–H and O–H groups in total. The van der Waals surface area contributed by atoms with Crippen LogP contribution in [0, 0.1) is 11.7 Å². The number of nitrogens with zero attached hydrogens (tertiary/aromatic N) is 2. The summed E-state index contributed by atoms with van der Waals surface area (Å²) in [6.45, 7) is 5.87. The number of nitrogens with one attached hydrogen (secondary N) is 1. The molecule has 0 unspecified atom stereocenters. The maximum Gasteiger partial charge on any atom is 0.244 e. The molecule has 35 heavy (non-hydrogen) atoms. The molecule has 2 aromatic rings. The third-order valence-corrected chi connectivity index (χ3v) is 6.86. The Morgan fingerprint density at radius 3 is 2.31 bits per heavy atom. The first-order valence-corrected chi connectivity index (χ1v) is 13.7. The average Bonchev–Trinajstić information content (AvgIpc) is 2.80. The van der Waals surface area contributed by atoms with Gasteiger partial charge >= 0.3 is 0 Å². The van der Waals surface area contributed by atoms with Gasteiger partial charge in [0.15, 0.2) is 0 Å². The van der Waals surface area contributed by atoms with Gasteiger partial charge in [-0.15, -0.1) is 0 Å². The van der Waals surface area contributed by atoms with E-state index >= 15 is 0 Å². The highest BCUT2D eigenvalue weighted by Crippen LogP contribution is 2.25. The minimum atomic E-state index is -3.91. The third kappa shape index (κ3) is 8.50. The largest absolute Gasteiger partial charge is 0.354 e. The van der Waals surface area contributed by atoms with Gasteiger partial charge in [0.1, 0.15) is 18.4 Å². The highest BCUT2D eigenvalue weighted by atomic mass is 35.5. The molecule has 192 valence electrons. The molecule has 2 amide bonds. The van der Waals surface area contributed by atoms with Gasteiger partial charge in [-0.1, -0.05) is 62.7 Å². The van der Waals surface area contributed by atoms with Crippen LogP contribution in [0.25, 0.3) is 0 Å². The van der Waals surface area contributed by atoms with Crippen molar-refractivity contribution in [1.82, 2.24) is 10.2 Å². The zero-order valence-corrected chi connectivity index (χ0v) is 22.1. The Kier molecular flexibility index (Phi) is 10.5. The zero-order chi connectivity index (χ0) is 26.2. The van der Waals surface area contributed by atoms with Gasteiger partial charge in [0, 0.05) is 13.1 Å². The summed E-state index contributed by atoms with van der Waals surface area (Å²) in [5.41, 5.74) is 1.04. The number of carbonyl (C=O) groups excluding carboxylic acids is 2.